The minimum Gasteiger partial charge on any atom is -0.481 e. The van der Waals surface area contributed by atoms with Crippen LogP contribution in [0.25, 0.3) is 0 Å². The number of quaternary nitrogens is 1. The van der Waals surface area contributed by atoms with Crippen molar-refractivity contribution in [2.75, 3.05) is 18.0 Å². The minimum atomic E-state index is -0.969. The van der Waals surface area contributed by atoms with E-state index in [9.17, 15) is 14.7 Å². The number of unbranched alkanes of at least 4 members (excludes halogenated alkanes) is 3. The molecule has 1 N–H and O–H groups in total. The van der Waals surface area contributed by atoms with Gasteiger partial charge in [0.2, 0.25) is 5.82 Å². The number of aromatic nitrogens is 1. The molecule has 1 aliphatic rings. The lowest BCUT2D eigenvalue weighted by Crippen LogP contribution is -2.63. The number of hydrogen-bond donors (Lipinski definition) is 1. The molecule has 0 fully saturated rings. The number of pyridine rings is 1. The third-order valence-corrected chi connectivity index (χ3v) is 8.66. The van der Waals surface area contributed by atoms with Gasteiger partial charge >= 0.3 is 12.0 Å². The quantitative estimate of drug-likeness (QED) is 0.188. The van der Waals surface area contributed by atoms with Gasteiger partial charge in [-0.15, -0.1) is 0 Å². The highest BCUT2D eigenvalue weighted by Gasteiger charge is 2.59. The van der Waals surface area contributed by atoms with Gasteiger partial charge in [0.05, 0.1) is 24.0 Å². The highest BCUT2D eigenvalue weighted by molar-refractivity contribution is 6.09. The van der Waals surface area contributed by atoms with Crippen LogP contribution in [-0.4, -0.2) is 40.7 Å². The maximum absolute atomic E-state index is 14.6. The van der Waals surface area contributed by atoms with Gasteiger partial charge in [-0.1, -0.05) is 59.8 Å². The molecular weight excluding hydrogens is 462 g/mol. The van der Waals surface area contributed by atoms with Gasteiger partial charge < -0.3 is 5.11 Å². The zero-order valence-corrected chi connectivity index (χ0v) is 25.4. The first kappa shape index (κ1) is 31.3. The average Bonchev–Trinajstić information content (AvgIpc) is 3.03. The first-order chi connectivity index (χ1) is 17.1. The minimum absolute atomic E-state index is 0.0256. The molecule has 6 nitrogen and oxygen atoms in total. The summed E-state index contributed by atoms with van der Waals surface area (Å²) in [5.41, 5.74) is 0.276. The zero-order chi connectivity index (χ0) is 28.2. The van der Waals surface area contributed by atoms with Gasteiger partial charge in [0.1, 0.15) is 0 Å². The number of hydrogen-bond acceptors (Lipinski definition) is 3. The van der Waals surface area contributed by atoms with E-state index >= 15 is 0 Å². The second-order valence-corrected chi connectivity index (χ2v) is 13.4. The van der Waals surface area contributed by atoms with Crippen LogP contribution < -0.4 is 9.38 Å². The van der Waals surface area contributed by atoms with Crippen LogP contribution in [0.5, 0.6) is 0 Å². The maximum Gasteiger partial charge on any atom is 0.430 e. The van der Waals surface area contributed by atoms with E-state index in [0.29, 0.717) is 24.7 Å². The van der Waals surface area contributed by atoms with Gasteiger partial charge in [-0.25, -0.2) is 19.2 Å². The van der Waals surface area contributed by atoms with E-state index in [-0.39, 0.29) is 15.9 Å². The Labute approximate surface area is 226 Å². The molecule has 2 unspecified atom stereocenters. The molecule has 6 heteroatoms. The number of carbonyl (C=O) groups excluding carboxylic acids is 1. The molecule has 0 bridgehead atoms. The first-order valence-electron chi connectivity index (χ1n) is 14.5. The SMILES string of the molecule is CCCCCC(CCCC)C(C)(C)C[N+]1(CC)C(=O)N(C(C)(C)CC(C)(C)C(=O)O)c2ncc(C)cc21. The number of carboxylic acid groups (broad SMARTS) is 1. The Morgan fingerprint density at radius 1 is 1.03 bits per heavy atom. The van der Waals surface area contributed by atoms with Gasteiger partial charge in [-0.3, -0.25) is 4.79 Å². The summed E-state index contributed by atoms with van der Waals surface area (Å²) in [4.78, 5) is 33.2. The Kier molecular flexibility index (Phi) is 10.0. The fourth-order valence-corrected chi connectivity index (χ4v) is 6.61. The van der Waals surface area contributed by atoms with Crippen LogP contribution in [0.1, 0.15) is 119 Å². The molecule has 1 aliphatic heterocycles. The lowest BCUT2D eigenvalue weighted by Gasteiger charge is -2.43. The molecule has 0 aromatic carbocycles. The smallest absolute Gasteiger partial charge is 0.430 e. The second-order valence-electron chi connectivity index (χ2n) is 13.4. The Balaban J connectivity index is 2.58. The molecule has 0 saturated carbocycles. The monoisotopic (exact) mass is 516 g/mol. The lowest BCUT2D eigenvalue weighted by atomic mass is 9.72. The molecule has 2 heterocycles. The van der Waals surface area contributed by atoms with Crippen molar-refractivity contribution in [3.05, 3.63) is 17.8 Å². The van der Waals surface area contributed by atoms with E-state index in [4.69, 9.17) is 4.98 Å². The first-order valence-corrected chi connectivity index (χ1v) is 14.5. The van der Waals surface area contributed by atoms with E-state index in [1.54, 1.807) is 13.8 Å². The largest absolute Gasteiger partial charge is 0.481 e. The molecule has 2 atom stereocenters. The average molecular weight is 517 g/mol. The van der Waals surface area contributed by atoms with Gasteiger partial charge in [0.25, 0.3) is 0 Å². The molecule has 0 radical (unpaired) electrons. The predicted molar refractivity (Wildman–Crippen MR) is 155 cm³/mol. The van der Waals surface area contributed by atoms with Crippen LogP contribution in [0.4, 0.5) is 16.3 Å². The summed E-state index contributed by atoms with van der Waals surface area (Å²) in [6, 6.07) is 2.16. The van der Waals surface area contributed by atoms with Gasteiger partial charge in [-0.2, -0.15) is 0 Å². The van der Waals surface area contributed by atoms with Gasteiger partial charge in [0, 0.05) is 17.7 Å². The molecule has 0 aliphatic carbocycles. The fourth-order valence-electron chi connectivity index (χ4n) is 6.61. The van der Waals surface area contributed by atoms with Crippen molar-refractivity contribution < 1.29 is 14.7 Å². The molecule has 210 valence electrons. The summed E-state index contributed by atoms with van der Waals surface area (Å²) < 4.78 is 0.240. The summed E-state index contributed by atoms with van der Waals surface area (Å²) in [7, 11) is 0. The molecule has 0 spiro atoms. The van der Waals surface area contributed by atoms with Crippen LogP contribution in [0, 0.1) is 23.7 Å². The van der Waals surface area contributed by atoms with Crippen molar-refractivity contribution in [1.29, 1.82) is 0 Å². The standard InChI is InChI=1S/C31H53N3O3/c1-11-14-16-18-24(17-15-12-2)30(7,8)22-34(13-3)25-19-23(4)20-32-26(25)33(28(34)37)31(9,10)21-29(5,6)27(35)36/h19-20,24H,11-18,21-22H2,1-10H3/p+1. The Bertz CT molecular complexity index is 953. The van der Waals surface area contributed by atoms with Crippen LogP contribution in [0.3, 0.4) is 0 Å². The van der Waals surface area contributed by atoms with Crippen LogP contribution in [-0.2, 0) is 4.79 Å². The van der Waals surface area contributed by atoms with Gasteiger partial charge in [0.15, 0.2) is 5.69 Å². The third kappa shape index (κ3) is 6.55. The van der Waals surface area contributed by atoms with E-state index in [0.717, 1.165) is 17.8 Å². The van der Waals surface area contributed by atoms with Crippen molar-refractivity contribution in [2.24, 2.45) is 16.7 Å². The number of urea groups is 1. The molecule has 37 heavy (non-hydrogen) atoms. The molecule has 2 rings (SSSR count). The van der Waals surface area contributed by atoms with E-state index in [1.807, 2.05) is 31.9 Å². The fraction of sp³-hybridized carbons (Fsp3) is 0.774. The number of fused-ring (bicyclic) bond motifs is 1. The highest BCUT2D eigenvalue weighted by atomic mass is 16.4. The molecule has 1 aromatic rings. The zero-order valence-electron chi connectivity index (χ0n) is 25.4. The molecular formula is C31H54N3O3+. The third-order valence-electron chi connectivity index (χ3n) is 8.66. The van der Waals surface area contributed by atoms with Crippen LogP contribution in [0.15, 0.2) is 12.3 Å². The Morgan fingerprint density at radius 2 is 1.62 bits per heavy atom. The number of rotatable bonds is 15. The van der Waals surface area contributed by atoms with Crippen LogP contribution >= 0.6 is 0 Å². The Hall–Kier alpha value is -1.95. The number of carbonyl (C=O) groups is 2. The number of nitrogens with zero attached hydrogens (tertiary/aromatic N) is 3. The number of aryl methyl sites for hydroxylation is 1. The molecule has 1 aromatic heterocycles. The summed E-state index contributed by atoms with van der Waals surface area (Å²) in [6.07, 6.45) is 10.6. The molecule has 0 saturated heterocycles. The summed E-state index contributed by atoms with van der Waals surface area (Å²) in [5.74, 6) is 0.380. The van der Waals surface area contributed by atoms with Gasteiger partial charge in [-0.05, 0) is 72.3 Å². The summed E-state index contributed by atoms with van der Waals surface area (Å²) >= 11 is 0. The summed E-state index contributed by atoms with van der Waals surface area (Å²) in [5, 5.41) is 9.84. The van der Waals surface area contributed by atoms with Crippen molar-refractivity contribution in [1.82, 2.24) is 9.47 Å². The number of amides is 2. The van der Waals surface area contributed by atoms with Crippen molar-refractivity contribution in [3.8, 4) is 0 Å². The topological polar surface area (TPSA) is 70.5 Å². The molecule has 2 amide bonds. The van der Waals surface area contributed by atoms with E-state index < -0.39 is 16.9 Å². The maximum atomic E-state index is 14.6. The van der Waals surface area contributed by atoms with Crippen LogP contribution in [0.2, 0.25) is 0 Å². The second kappa shape index (κ2) is 11.8. The van der Waals surface area contributed by atoms with Crippen molar-refractivity contribution in [2.45, 2.75) is 126 Å². The number of anilines is 1. The van der Waals surface area contributed by atoms with Crippen molar-refractivity contribution >= 4 is 23.5 Å². The lowest BCUT2D eigenvalue weighted by molar-refractivity contribution is -0.148. The van der Waals surface area contributed by atoms with E-state index in [1.165, 1.54) is 44.9 Å². The highest BCUT2D eigenvalue weighted by Crippen LogP contribution is 2.50. The van der Waals surface area contributed by atoms with E-state index in [2.05, 4.69) is 40.7 Å². The predicted octanol–water partition coefficient (Wildman–Crippen LogP) is 8.35. The summed E-state index contributed by atoms with van der Waals surface area (Å²) in [6.45, 7) is 22.2. The number of carboxylic acids is 1. The number of aliphatic carboxylic acids is 1. The van der Waals surface area contributed by atoms with Crippen molar-refractivity contribution in [3.63, 3.8) is 0 Å². The normalized spacial score (nSPS) is 19.3. The Morgan fingerprint density at radius 3 is 2.16 bits per heavy atom.